The molecule has 6 atom stereocenters. The number of ketones is 1. The molecule has 0 aromatic carbocycles. The number of aliphatic hydroxyl groups is 2. The van der Waals surface area contributed by atoms with E-state index in [1.807, 2.05) is 18.7 Å². The maximum Gasteiger partial charge on any atom is 0.340 e. The van der Waals surface area contributed by atoms with Crippen LogP contribution in [0.2, 0.25) is 0 Å². The molecule has 3 aliphatic carbocycles. The third kappa shape index (κ3) is 5.52. The van der Waals surface area contributed by atoms with E-state index in [4.69, 9.17) is 18.9 Å². The van der Waals surface area contributed by atoms with Crippen LogP contribution >= 0.6 is 0 Å². The van der Waals surface area contributed by atoms with Gasteiger partial charge in [0, 0.05) is 89.2 Å². The number of carbonyl (C=O) groups is 3. The third-order valence-electron chi connectivity index (χ3n) is 11.2. The van der Waals surface area contributed by atoms with E-state index in [1.54, 1.807) is 6.20 Å². The molecule has 2 N–H and O–H groups in total. The number of nitrogens with zero attached hydrogens (tertiary/aromatic N) is 3. The first-order valence-electron chi connectivity index (χ1n) is 16.3. The van der Waals surface area contributed by atoms with E-state index in [2.05, 4.69) is 9.80 Å². The van der Waals surface area contributed by atoms with E-state index in [-0.39, 0.29) is 23.7 Å². The molecule has 3 saturated heterocycles. The molecule has 12 nitrogen and oxygen atoms in total. The molecule has 0 aromatic rings. The van der Waals surface area contributed by atoms with Gasteiger partial charge in [-0.05, 0) is 37.7 Å². The second-order valence-corrected chi connectivity index (χ2v) is 13.8. The van der Waals surface area contributed by atoms with E-state index < -0.39 is 52.6 Å². The molecule has 0 radical (unpaired) electrons. The molecule has 0 bridgehead atoms. The van der Waals surface area contributed by atoms with Crippen LogP contribution in [0.4, 0.5) is 0 Å². The highest BCUT2D eigenvalue weighted by atomic mass is 16.6. The average molecular weight is 630 g/mol. The number of ether oxygens (including phenoxy) is 4. The van der Waals surface area contributed by atoms with Crippen LogP contribution in [0.5, 0.6) is 0 Å². The molecule has 6 rings (SSSR count). The summed E-state index contributed by atoms with van der Waals surface area (Å²) >= 11 is 0. The summed E-state index contributed by atoms with van der Waals surface area (Å²) in [5, 5.41) is 22.8. The Kier molecular flexibility index (Phi) is 8.90. The first kappa shape index (κ1) is 32.2. The smallest absolute Gasteiger partial charge is 0.340 e. The number of fused-ring (bicyclic) bond motifs is 4. The van der Waals surface area contributed by atoms with Gasteiger partial charge in [-0.25, -0.2) is 4.79 Å². The zero-order chi connectivity index (χ0) is 32.1. The average Bonchev–Trinajstić information content (AvgIpc) is 3.31. The van der Waals surface area contributed by atoms with Crippen LogP contribution in [0.25, 0.3) is 0 Å². The van der Waals surface area contributed by atoms with Crippen molar-refractivity contribution in [2.24, 2.45) is 16.7 Å². The van der Waals surface area contributed by atoms with Crippen molar-refractivity contribution in [2.75, 3.05) is 79.3 Å². The van der Waals surface area contributed by atoms with Crippen molar-refractivity contribution in [2.45, 2.75) is 58.3 Å². The predicted octanol–water partition coefficient (Wildman–Crippen LogP) is 1.20. The highest BCUT2D eigenvalue weighted by molar-refractivity contribution is 6.13. The number of Topliss-reactive ketones (excluding diaryl/α,β-unsaturated/α-hetero) is 1. The molecule has 4 fully saturated rings. The zero-order valence-corrected chi connectivity index (χ0v) is 26.9. The Morgan fingerprint density at radius 2 is 1.71 bits per heavy atom. The summed E-state index contributed by atoms with van der Waals surface area (Å²) in [4.78, 5) is 47.1. The standard InChI is InChI=1S/C33H47N3O9/c1-20(37)44-23-17-32(2)22(5-6-24(32)38)26-28(23)33(3)25(19-42-4)45-31(41)21(27(33)30(40)29(26)39)18-36-11-9-34(10-12-36)7-8-35-13-15-43-16-14-35/h18,22-25,38,40H,5-17,19H2,1-4H3/b21-18+. The van der Waals surface area contributed by atoms with Crippen LogP contribution < -0.4 is 0 Å². The Bertz CT molecular complexity index is 1310. The number of methoxy groups -OCH3 is 1. The van der Waals surface area contributed by atoms with Gasteiger partial charge in [-0.1, -0.05) is 6.92 Å². The monoisotopic (exact) mass is 629 g/mol. The van der Waals surface area contributed by atoms with Gasteiger partial charge in [0.05, 0.1) is 36.9 Å². The minimum absolute atomic E-state index is 0.0104. The van der Waals surface area contributed by atoms with Crippen LogP contribution in [-0.2, 0) is 33.3 Å². The lowest BCUT2D eigenvalue weighted by molar-refractivity contribution is -0.161. The van der Waals surface area contributed by atoms with Crippen molar-refractivity contribution in [1.29, 1.82) is 0 Å². The van der Waals surface area contributed by atoms with Gasteiger partial charge in [-0.15, -0.1) is 0 Å². The predicted molar refractivity (Wildman–Crippen MR) is 162 cm³/mol. The van der Waals surface area contributed by atoms with E-state index in [0.717, 1.165) is 52.5 Å². The van der Waals surface area contributed by atoms with Gasteiger partial charge in [0.2, 0.25) is 5.78 Å². The van der Waals surface area contributed by atoms with Crippen molar-refractivity contribution in [1.82, 2.24) is 14.7 Å². The van der Waals surface area contributed by atoms with Gasteiger partial charge < -0.3 is 34.1 Å². The summed E-state index contributed by atoms with van der Waals surface area (Å²) in [5.74, 6) is -2.57. The van der Waals surface area contributed by atoms with Gasteiger partial charge in [0.1, 0.15) is 12.2 Å². The Labute approximate surface area is 264 Å². The second kappa shape index (κ2) is 12.4. The van der Waals surface area contributed by atoms with Crippen molar-refractivity contribution >= 4 is 17.7 Å². The molecule has 12 heteroatoms. The first-order chi connectivity index (χ1) is 21.5. The lowest BCUT2D eigenvalue weighted by Crippen LogP contribution is -2.57. The number of hydrogen-bond donors (Lipinski definition) is 2. The molecule has 0 aromatic heterocycles. The van der Waals surface area contributed by atoms with Crippen molar-refractivity contribution in [3.05, 3.63) is 34.3 Å². The lowest BCUT2D eigenvalue weighted by atomic mass is 9.53. The molecular formula is C33H47N3O9. The number of carbonyl (C=O) groups excluding carboxylic acids is 3. The Balaban J connectivity index is 1.34. The van der Waals surface area contributed by atoms with Gasteiger partial charge >= 0.3 is 11.9 Å². The van der Waals surface area contributed by atoms with E-state index in [1.165, 1.54) is 14.0 Å². The molecule has 3 aliphatic heterocycles. The summed E-state index contributed by atoms with van der Waals surface area (Å²) in [6.45, 7) is 13.4. The van der Waals surface area contributed by atoms with Crippen LogP contribution in [0, 0.1) is 16.7 Å². The number of morpholine rings is 1. The number of cyclic esters (lactones) is 1. The van der Waals surface area contributed by atoms with Crippen LogP contribution in [-0.4, -0.2) is 140 Å². The first-order valence-corrected chi connectivity index (χ1v) is 16.3. The number of allylic oxidation sites excluding steroid dienone is 1. The zero-order valence-electron chi connectivity index (χ0n) is 26.9. The van der Waals surface area contributed by atoms with Crippen LogP contribution in [0.3, 0.4) is 0 Å². The number of piperazine rings is 1. The van der Waals surface area contributed by atoms with E-state index in [9.17, 15) is 24.6 Å². The second-order valence-electron chi connectivity index (χ2n) is 13.8. The SMILES string of the molecule is COCC1OC(=O)/C(=C/N2CCN(CCN3CCOCC3)CC2)C2=C(O)C(=O)C3=C(C(OC(C)=O)CC4(C)C(O)CCC34)C21C. The van der Waals surface area contributed by atoms with E-state index >= 15 is 0 Å². The minimum Gasteiger partial charge on any atom is -0.504 e. The maximum atomic E-state index is 14.2. The largest absolute Gasteiger partial charge is 0.504 e. The van der Waals surface area contributed by atoms with Gasteiger partial charge in [0.15, 0.2) is 5.76 Å². The van der Waals surface area contributed by atoms with Crippen molar-refractivity contribution in [3.63, 3.8) is 0 Å². The summed E-state index contributed by atoms with van der Waals surface area (Å²) < 4.78 is 22.9. The fourth-order valence-corrected chi connectivity index (χ4v) is 8.68. The molecule has 45 heavy (non-hydrogen) atoms. The van der Waals surface area contributed by atoms with Gasteiger partial charge in [0.25, 0.3) is 0 Å². The summed E-state index contributed by atoms with van der Waals surface area (Å²) in [5.41, 5.74) is -0.699. The molecule has 248 valence electrons. The number of aliphatic hydroxyl groups excluding tert-OH is 2. The Morgan fingerprint density at radius 1 is 1.04 bits per heavy atom. The number of esters is 2. The molecule has 3 heterocycles. The maximum absolute atomic E-state index is 14.2. The molecule has 6 aliphatic rings. The van der Waals surface area contributed by atoms with Crippen LogP contribution in [0.15, 0.2) is 34.3 Å². The lowest BCUT2D eigenvalue weighted by Gasteiger charge is -2.54. The fraction of sp³-hybridized carbons (Fsp3) is 0.727. The highest BCUT2D eigenvalue weighted by Gasteiger charge is 2.64. The van der Waals surface area contributed by atoms with Crippen molar-refractivity contribution < 1.29 is 43.5 Å². The summed E-state index contributed by atoms with van der Waals surface area (Å²) in [6.07, 6.45) is 0.662. The quantitative estimate of drug-likeness (QED) is 0.309. The van der Waals surface area contributed by atoms with Gasteiger partial charge in [-0.3, -0.25) is 19.4 Å². The Hall–Kier alpha value is -2.77. The Morgan fingerprint density at radius 3 is 2.36 bits per heavy atom. The molecule has 1 saturated carbocycles. The number of rotatable bonds is 7. The summed E-state index contributed by atoms with van der Waals surface area (Å²) in [7, 11) is 1.50. The topological polar surface area (TPSA) is 138 Å². The molecule has 0 spiro atoms. The van der Waals surface area contributed by atoms with Gasteiger partial charge in [-0.2, -0.15) is 0 Å². The molecular weight excluding hydrogens is 582 g/mol. The highest BCUT2D eigenvalue weighted by Crippen LogP contribution is 2.63. The minimum atomic E-state index is -1.21. The van der Waals surface area contributed by atoms with Crippen molar-refractivity contribution in [3.8, 4) is 0 Å². The number of hydrogen-bond acceptors (Lipinski definition) is 12. The third-order valence-corrected chi connectivity index (χ3v) is 11.2. The molecule has 6 unspecified atom stereocenters. The fourth-order valence-electron chi connectivity index (χ4n) is 8.68. The summed E-state index contributed by atoms with van der Waals surface area (Å²) in [6, 6.07) is 0. The van der Waals surface area contributed by atoms with E-state index in [0.29, 0.717) is 43.5 Å². The normalized spacial score (nSPS) is 37.0. The molecule has 0 amide bonds. The van der Waals surface area contributed by atoms with Crippen LogP contribution in [0.1, 0.15) is 40.0 Å².